The second-order valence-corrected chi connectivity index (χ2v) is 6.33. The smallest absolute Gasteiger partial charge is 0.270 e. The fourth-order valence-electron chi connectivity index (χ4n) is 2.76. The summed E-state index contributed by atoms with van der Waals surface area (Å²) in [6.07, 6.45) is 0.647. The van der Waals surface area contributed by atoms with Crippen LogP contribution in [0.2, 0.25) is 0 Å². The molecule has 1 amide bonds. The highest BCUT2D eigenvalue weighted by Gasteiger charge is 2.13. The van der Waals surface area contributed by atoms with E-state index < -0.39 is 0 Å². The van der Waals surface area contributed by atoms with E-state index in [0.717, 1.165) is 5.56 Å². The van der Waals surface area contributed by atoms with Gasteiger partial charge >= 0.3 is 0 Å². The van der Waals surface area contributed by atoms with Crippen LogP contribution in [0.25, 0.3) is 11.3 Å². The van der Waals surface area contributed by atoms with Gasteiger partial charge in [0.15, 0.2) is 11.6 Å². The number of benzene rings is 1. The SMILES string of the molecule is COc1ccc(-c2nn(CCCC(=O)Nc3cc(C)on3)c(=O)cc2OC)cc1. The van der Waals surface area contributed by atoms with Crippen LogP contribution in [0.1, 0.15) is 18.6 Å². The van der Waals surface area contributed by atoms with Gasteiger partial charge in [-0.2, -0.15) is 5.10 Å². The Morgan fingerprint density at radius 1 is 1.17 bits per heavy atom. The Morgan fingerprint density at radius 3 is 2.55 bits per heavy atom. The van der Waals surface area contributed by atoms with Crippen LogP contribution in [0, 0.1) is 6.92 Å². The van der Waals surface area contributed by atoms with Crippen molar-refractivity contribution >= 4 is 11.7 Å². The van der Waals surface area contributed by atoms with Crippen LogP contribution in [0.3, 0.4) is 0 Å². The van der Waals surface area contributed by atoms with E-state index in [0.29, 0.717) is 35.2 Å². The van der Waals surface area contributed by atoms with Crippen molar-refractivity contribution in [3.63, 3.8) is 0 Å². The molecule has 0 bridgehead atoms. The Hall–Kier alpha value is -3.62. The maximum atomic E-state index is 12.3. The van der Waals surface area contributed by atoms with Crippen molar-refractivity contribution in [2.45, 2.75) is 26.3 Å². The van der Waals surface area contributed by atoms with Gasteiger partial charge in [0, 0.05) is 30.7 Å². The van der Waals surface area contributed by atoms with Crippen LogP contribution in [-0.2, 0) is 11.3 Å². The maximum Gasteiger partial charge on any atom is 0.270 e. The molecule has 1 N–H and O–H groups in total. The second kappa shape index (κ2) is 9.05. The van der Waals surface area contributed by atoms with E-state index in [9.17, 15) is 9.59 Å². The number of aromatic nitrogens is 3. The number of hydrogen-bond acceptors (Lipinski definition) is 7. The van der Waals surface area contributed by atoms with Crippen molar-refractivity contribution in [1.82, 2.24) is 14.9 Å². The number of ether oxygens (including phenoxy) is 2. The summed E-state index contributed by atoms with van der Waals surface area (Å²) >= 11 is 0. The van der Waals surface area contributed by atoms with Crippen LogP contribution in [-0.4, -0.2) is 35.1 Å². The first-order valence-corrected chi connectivity index (χ1v) is 9.04. The number of nitrogens with one attached hydrogen (secondary N) is 1. The van der Waals surface area contributed by atoms with Gasteiger partial charge < -0.3 is 19.3 Å². The van der Waals surface area contributed by atoms with Gasteiger partial charge in [0.2, 0.25) is 5.91 Å². The van der Waals surface area contributed by atoms with Crippen molar-refractivity contribution in [2.24, 2.45) is 0 Å². The number of carbonyl (C=O) groups excluding carboxylic acids is 1. The van der Waals surface area contributed by atoms with Crippen molar-refractivity contribution in [3.8, 4) is 22.8 Å². The summed E-state index contributed by atoms with van der Waals surface area (Å²) in [6, 6.07) is 10.3. The third kappa shape index (κ3) is 5.01. The fraction of sp³-hybridized carbons (Fsp3) is 0.300. The van der Waals surface area contributed by atoms with Crippen LogP contribution >= 0.6 is 0 Å². The van der Waals surface area contributed by atoms with Crippen LogP contribution in [0.4, 0.5) is 5.82 Å². The molecule has 9 heteroatoms. The van der Waals surface area contributed by atoms with Crippen molar-refractivity contribution in [2.75, 3.05) is 19.5 Å². The molecule has 9 nitrogen and oxygen atoms in total. The van der Waals surface area contributed by atoms with Crippen molar-refractivity contribution in [1.29, 1.82) is 0 Å². The quantitative estimate of drug-likeness (QED) is 0.621. The van der Waals surface area contributed by atoms with E-state index in [4.69, 9.17) is 14.0 Å². The normalized spacial score (nSPS) is 10.6. The third-order valence-corrected chi connectivity index (χ3v) is 4.22. The predicted molar refractivity (Wildman–Crippen MR) is 106 cm³/mol. The van der Waals surface area contributed by atoms with Gasteiger partial charge in [0.1, 0.15) is 17.2 Å². The summed E-state index contributed by atoms with van der Waals surface area (Å²) in [5.74, 6) is 1.87. The van der Waals surface area contributed by atoms with Crippen LogP contribution < -0.4 is 20.3 Å². The maximum absolute atomic E-state index is 12.3. The molecule has 0 fully saturated rings. The standard InChI is InChI=1S/C20H22N4O5/c1-13-11-17(23-29-13)21-18(25)5-4-10-24-19(26)12-16(28-3)20(22-24)14-6-8-15(27-2)9-7-14/h6-9,11-12H,4-5,10H2,1-3H3,(H,21,23,25). The molecule has 0 aliphatic heterocycles. The lowest BCUT2D eigenvalue weighted by molar-refractivity contribution is -0.116. The molecule has 29 heavy (non-hydrogen) atoms. The lowest BCUT2D eigenvalue weighted by atomic mass is 10.1. The highest BCUT2D eigenvalue weighted by Crippen LogP contribution is 2.27. The molecule has 0 saturated heterocycles. The van der Waals surface area contributed by atoms with Gasteiger partial charge in [-0.1, -0.05) is 5.16 Å². The zero-order valence-electron chi connectivity index (χ0n) is 16.5. The zero-order chi connectivity index (χ0) is 20.8. The topological polar surface area (TPSA) is 108 Å². The summed E-state index contributed by atoms with van der Waals surface area (Å²) in [6.45, 7) is 2.03. The molecule has 2 aromatic heterocycles. The number of nitrogens with zero attached hydrogens (tertiary/aromatic N) is 3. The lowest BCUT2D eigenvalue weighted by Gasteiger charge is -2.11. The third-order valence-electron chi connectivity index (χ3n) is 4.22. The van der Waals surface area contributed by atoms with E-state index in [1.54, 1.807) is 20.1 Å². The van der Waals surface area contributed by atoms with E-state index in [1.807, 2.05) is 24.3 Å². The molecule has 0 saturated carbocycles. The Bertz CT molecular complexity index is 1040. The largest absolute Gasteiger partial charge is 0.497 e. The highest BCUT2D eigenvalue weighted by molar-refractivity contribution is 5.89. The minimum atomic E-state index is -0.299. The number of methoxy groups -OCH3 is 2. The van der Waals surface area contributed by atoms with E-state index in [-0.39, 0.29) is 24.4 Å². The summed E-state index contributed by atoms with van der Waals surface area (Å²) in [7, 11) is 3.08. The number of anilines is 1. The lowest BCUT2D eigenvalue weighted by Crippen LogP contribution is -2.24. The first-order chi connectivity index (χ1) is 14.0. The molecule has 0 aliphatic rings. The van der Waals surface area contributed by atoms with Gasteiger partial charge in [0.25, 0.3) is 5.56 Å². The molecule has 3 aromatic rings. The Morgan fingerprint density at radius 2 is 1.93 bits per heavy atom. The first-order valence-electron chi connectivity index (χ1n) is 9.04. The summed E-state index contributed by atoms with van der Waals surface area (Å²) in [4.78, 5) is 24.3. The monoisotopic (exact) mass is 398 g/mol. The minimum Gasteiger partial charge on any atom is -0.497 e. The molecule has 0 spiro atoms. The molecule has 152 valence electrons. The van der Waals surface area contributed by atoms with Crippen molar-refractivity contribution < 1.29 is 18.8 Å². The molecular formula is C20H22N4O5. The van der Waals surface area contributed by atoms with Crippen LogP contribution in [0.5, 0.6) is 11.5 Å². The van der Waals surface area contributed by atoms with Gasteiger partial charge in [-0.15, -0.1) is 0 Å². The Kier molecular flexibility index (Phi) is 6.28. The van der Waals surface area contributed by atoms with Gasteiger partial charge in [-0.3, -0.25) is 9.59 Å². The predicted octanol–water partition coefficient (Wildman–Crippen LogP) is 2.64. The average Bonchev–Trinajstić information content (AvgIpc) is 3.13. The summed E-state index contributed by atoms with van der Waals surface area (Å²) < 4.78 is 16.7. The Labute approximate surface area is 167 Å². The van der Waals surface area contributed by atoms with Gasteiger partial charge in [-0.05, 0) is 37.6 Å². The average molecular weight is 398 g/mol. The number of hydrogen-bond donors (Lipinski definition) is 1. The summed E-state index contributed by atoms with van der Waals surface area (Å²) in [5, 5.41) is 10.8. The first kappa shape index (κ1) is 20.1. The van der Waals surface area contributed by atoms with E-state index in [2.05, 4.69) is 15.6 Å². The number of carbonyl (C=O) groups is 1. The molecule has 0 radical (unpaired) electrons. The van der Waals surface area contributed by atoms with E-state index in [1.165, 1.54) is 17.9 Å². The fourth-order valence-corrected chi connectivity index (χ4v) is 2.76. The van der Waals surface area contributed by atoms with Crippen LogP contribution in [0.15, 0.2) is 45.7 Å². The minimum absolute atomic E-state index is 0.212. The van der Waals surface area contributed by atoms with Gasteiger partial charge in [0.05, 0.1) is 14.2 Å². The molecule has 0 atom stereocenters. The second-order valence-electron chi connectivity index (χ2n) is 6.33. The zero-order valence-corrected chi connectivity index (χ0v) is 16.5. The Balaban J connectivity index is 1.70. The van der Waals surface area contributed by atoms with Crippen molar-refractivity contribution in [3.05, 3.63) is 52.5 Å². The molecule has 0 unspecified atom stereocenters. The molecular weight excluding hydrogens is 376 g/mol. The molecule has 2 heterocycles. The molecule has 1 aromatic carbocycles. The highest BCUT2D eigenvalue weighted by atomic mass is 16.5. The molecule has 3 rings (SSSR count). The number of amides is 1. The summed E-state index contributed by atoms with van der Waals surface area (Å²) in [5.41, 5.74) is 1.03. The number of aryl methyl sites for hydroxylation is 2. The van der Waals surface area contributed by atoms with E-state index >= 15 is 0 Å². The molecule has 0 aliphatic carbocycles. The van der Waals surface area contributed by atoms with Gasteiger partial charge in [-0.25, -0.2) is 4.68 Å². The number of rotatable bonds is 8.